The van der Waals surface area contributed by atoms with Crippen molar-refractivity contribution in [1.29, 1.82) is 0 Å². The Morgan fingerprint density at radius 1 is 1.32 bits per heavy atom. The van der Waals surface area contributed by atoms with Crippen LogP contribution in [0.5, 0.6) is 0 Å². The number of fused-ring (bicyclic) bond motifs is 1. The third kappa shape index (κ3) is 2.47. The van der Waals surface area contributed by atoms with Gasteiger partial charge in [-0.3, -0.25) is 9.12 Å². The lowest BCUT2D eigenvalue weighted by Gasteiger charge is -2.08. The molecule has 0 saturated carbocycles. The van der Waals surface area contributed by atoms with E-state index in [2.05, 4.69) is 9.71 Å². The number of para-hydroxylation sites is 1. The SMILES string of the molecule is CS(=O)(=O)Nc1ccccc1-c1cn2ccsc2n1. The number of anilines is 1. The average molecular weight is 293 g/mol. The fourth-order valence-electron chi connectivity index (χ4n) is 1.85. The minimum atomic E-state index is -3.31. The summed E-state index contributed by atoms with van der Waals surface area (Å²) >= 11 is 1.54. The van der Waals surface area contributed by atoms with Gasteiger partial charge in [0.25, 0.3) is 0 Å². The first-order valence-electron chi connectivity index (χ1n) is 5.52. The molecule has 98 valence electrons. The van der Waals surface area contributed by atoms with E-state index in [1.54, 1.807) is 12.1 Å². The molecule has 3 rings (SSSR count). The highest BCUT2D eigenvalue weighted by Crippen LogP contribution is 2.28. The van der Waals surface area contributed by atoms with Crippen LogP contribution in [-0.4, -0.2) is 24.1 Å². The minimum absolute atomic E-state index is 0.538. The lowest BCUT2D eigenvalue weighted by atomic mass is 10.1. The molecule has 1 N–H and O–H groups in total. The molecule has 19 heavy (non-hydrogen) atoms. The van der Waals surface area contributed by atoms with Gasteiger partial charge in [-0.15, -0.1) is 11.3 Å². The van der Waals surface area contributed by atoms with Crippen LogP contribution < -0.4 is 4.72 Å². The molecule has 0 unspecified atom stereocenters. The van der Waals surface area contributed by atoms with E-state index in [4.69, 9.17) is 0 Å². The Morgan fingerprint density at radius 3 is 2.84 bits per heavy atom. The topological polar surface area (TPSA) is 63.5 Å². The summed E-state index contributed by atoms with van der Waals surface area (Å²) < 4.78 is 27.2. The number of benzene rings is 1. The van der Waals surface area contributed by atoms with Gasteiger partial charge in [0, 0.05) is 23.3 Å². The summed E-state index contributed by atoms with van der Waals surface area (Å²) in [5.41, 5.74) is 2.05. The van der Waals surface area contributed by atoms with E-state index in [0.29, 0.717) is 5.69 Å². The number of aromatic nitrogens is 2. The molecule has 5 nitrogen and oxygen atoms in total. The molecule has 0 bridgehead atoms. The number of rotatable bonds is 3. The van der Waals surface area contributed by atoms with Gasteiger partial charge in [0.1, 0.15) is 0 Å². The van der Waals surface area contributed by atoms with E-state index in [1.165, 1.54) is 11.3 Å². The van der Waals surface area contributed by atoms with Crippen molar-refractivity contribution in [3.05, 3.63) is 42.0 Å². The molecule has 0 atom stereocenters. The zero-order chi connectivity index (χ0) is 13.5. The standard InChI is InChI=1S/C12H11N3O2S2/c1-19(16,17)14-10-5-3-2-4-9(10)11-8-15-6-7-18-12(15)13-11/h2-8,14H,1H3. The summed E-state index contributed by atoms with van der Waals surface area (Å²) in [5, 5.41) is 1.95. The molecule has 0 radical (unpaired) electrons. The van der Waals surface area contributed by atoms with Crippen LogP contribution in [0.1, 0.15) is 0 Å². The maximum absolute atomic E-state index is 11.4. The van der Waals surface area contributed by atoms with E-state index in [-0.39, 0.29) is 0 Å². The van der Waals surface area contributed by atoms with Crippen LogP contribution >= 0.6 is 11.3 Å². The van der Waals surface area contributed by atoms with Crippen LogP contribution in [0.4, 0.5) is 5.69 Å². The van der Waals surface area contributed by atoms with E-state index < -0.39 is 10.0 Å². The second-order valence-corrected chi connectivity index (χ2v) is 6.76. The number of imidazole rings is 1. The monoisotopic (exact) mass is 293 g/mol. The number of hydrogen-bond acceptors (Lipinski definition) is 4. The molecule has 0 saturated heterocycles. The maximum atomic E-state index is 11.4. The highest BCUT2D eigenvalue weighted by atomic mass is 32.2. The molecule has 2 heterocycles. The second-order valence-electron chi connectivity index (χ2n) is 4.14. The highest BCUT2D eigenvalue weighted by molar-refractivity contribution is 7.92. The van der Waals surface area contributed by atoms with Crippen molar-refractivity contribution in [2.24, 2.45) is 0 Å². The van der Waals surface area contributed by atoms with Gasteiger partial charge in [-0.05, 0) is 6.07 Å². The number of hydrogen-bond donors (Lipinski definition) is 1. The summed E-state index contributed by atoms with van der Waals surface area (Å²) in [6, 6.07) is 7.22. The van der Waals surface area contributed by atoms with E-state index >= 15 is 0 Å². The predicted molar refractivity (Wildman–Crippen MR) is 77.0 cm³/mol. The van der Waals surface area contributed by atoms with Gasteiger partial charge in [0.15, 0.2) is 4.96 Å². The highest BCUT2D eigenvalue weighted by Gasteiger charge is 2.11. The van der Waals surface area contributed by atoms with Gasteiger partial charge in [-0.1, -0.05) is 18.2 Å². The smallest absolute Gasteiger partial charge is 0.229 e. The first-order valence-corrected chi connectivity index (χ1v) is 8.29. The van der Waals surface area contributed by atoms with Crippen LogP contribution in [-0.2, 0) is 10.0 Å². The van der Waals surface area contributed by atoms with Crippen molar-refractivity contribution in [3.8, 4) is 11.3 Å². The van der Waals surface area contributed by atoms with Crippen LogP contribution in [0.15, 0.2) is 42.0 Å². The van der Waals surface area contributed by atoms with Crippen LogP contribution in [0, 0.1) is 0 Å². The Labute approximate surface area is 114 Å². The normalized spacial score (nSPS) is 11.8. The number of nitrogens with one attached hydrogen (secondary N) is 1. The quantitative estimate of drug-likeness (QED) is 0.806. The number of sulfonamides is 1. The second kappa shape index (κ2) is 4.36. The van der Waals surface area contributed by atoms with Gasteiger partial charge >= 0.3 is 0 Å². The Kier molecular flexibility index (Phi) is 2.79. The van der Waals surface area contributed by atoms with Crippen LogP contribution in [0.25, 0.3) is 16.2 Å². The Balaban J connectivity index is 2.12. The molecule has 0 aliphatic heterocycles. The van der Waals surface area contributed by atoms with Crippen molar-refractivity contribution < 1.29 is 8.42 Å². The van der Waals surface area contributed by atoms with Crippen LogP contribution in [0.2, 0.25) is 0 Å². The summed E-state index contributed by atoms with van der Waals surface area (Å²) in [4.78, 5) is 5.36. The van der Waals surface area contributed by atoms with Gasteiger partial charge in [0.2, 0.25) is 10.0 Å². The number of nitrogens with zero attached hydrogens (tertiary/aromatic N) is 2. The summed E-state index contributed by atoms with van der Waals surface area (Å²) in [6.07, 6.45) is 4.94. The molecule has 2 aromatic heterocycles. The lowest BCUT2D eigenvalue weighted by molar-refractivity contribution is 0.607. The van der Waals surface area contributed by atoms with Gasteiger partial charge in [-0.2, -0.15) is 0 Å². The van der Waals surface area contributed by atoms with Crippen molar-refractivity contribution in [2.75, 3.05) is 11.0 Å². The molecule has 0 fully saturated rings. The van der Waals surface area contributed by atoms with Gasteiger partial charge in [0.05, 0.1) is 17.6 Å². The molecule has 0 spiro atoms. The van der Waals surface area contributed by atoms with E-state index in [0.717, 1.165) is 22.5 Å². The zero-order valence-electron chi connectivity index (χ0n) is 10.1. The van der Waals surface area contributed by atoms with Crippen molar-refractivity contribution >= 4 is 32.0 Å². The third-order valence-corrected chi connectivity index (χ3v) is 3.95. The van der Waals surface area contributed by atoms with Crippen molar-refractivity contribution in [1.82, 2.24) is 9.38 Å². The largest absolute Gasteiger partial charge is 0.297 e. The van der Waals surface area contributed by atoms with Crippen molar-refractivity contribution in [2.45, 2.75) is 0 Å². The maximum Gasteiger partial charge on any atom is 0.229 e. The molecular formula is C12H11N3O2S2. The minimum Gasteiger partial charge on any atom is -0.297 e. The van der Waals surface area contributed by atoms with E-state index in [9.17, 15) is 8.42 Å². The molecule has 0 aliphatic rings. The van der Waals surface area contributed by atoms with E-state index in [1.807, 2.05) is 34.3 Å². The molecule has 3 aromatic rings. The van der Waals surface area contributed by atoms with Crippen LogP contribution in [0.3, 0.4) is 0 Å². The summed E-state index contributed by atoms with van der Waals surface area (Å²) in [7, 11) is -3.31. The molecule has 7 heteroatoms. The zero-order valence-corrected chi connectivity index (χ0v) is 11.7. The first-order chi connectivity index (χ1) is 9.03. The predicted octanol–water partition coefficient (Wildman–Crippen LogP) is 2.43. The Hall–Kier alpha value is -1.86. The molecule has 1 aromatic carbocycles. The number of thiazole rings is 1. The van der Waals surface area contributed by atoms with Crippen molar-refractivity contribution in [3.63, 3.8) is 0 Å². The fraction of sp³-hybridized carbons (Fsp3) is 0.0833. The third-order valence-electron chi connectivity index (χ3n) is 2.59. The lowest BCUT2D eigenvalue weighted by Crippen LogP contribution is -2.10. The molecule has 0 aliphatic carbocycles. The average Bonchev–Trinajstić information content (AvgIpc) is 2.87. The Bertz CT molecular complexity index is 805. The molecule has 0 amide bonds. The molecular weight excluding hydrogens is 282 g/mol. The Morgan fingerprint density at radius 2 is 2.11 bits per heavy atom. The summed E-state index contributed by atoms with van der Waals surface area (Å²) in [5.74, 6) is 0. The first kappa shape index (κ1) is 12.2. The fourth-order valence-corrected chi connectivity index (χ4v) is 3.13. The van der Waals surface area contributed by atoms with Gasteiger partial charge < -0.3 is 0 Å². The summed E-state index contributed by atoms with van der Waals surface area (Å²) in [6.45, 7) is 0. The van der Waals surface area contributed by atoms with Gasteiger partial charge in [-0.25, -0.2) is 13.4 Å².